The molecule has 1 heterocycles. The Kier molecular flexibility index (Phi) is 4.75. The molecule has 0 aliphatic rings. The number of carboxylic acid groups (broad SMARTS) is 1. The average molecular weight is 302 g/mol. The number of nitriles is 1. The number of halogens is 1. The minimum Gasteiger partial charge on any atom is -0.476 e. The summed E-state index contributed by atoms with van der Waals surface area (Å²) < 4.78 is 0. The zero-order chi connectivity index (χ0) is 15.2. The third kappa shape index (κ3) is 3.50. The van der Waals surface area contributed by atoms with E-state index in [1.165, 1.54) is 6.07 Å². The second-order valence-corrected chi connectivity index (χ2v) is 4.61. The molecule has 0 unspecified atom stereocenters. The van der Waals surface area contributed by atoms with Gasteiger partial charge < -0.3 is 10.0 Å². The molecular formula is C15H12ClN3O2. The molecule has 0 aliphatic heterocycles. The molecular weight excluding hydrogens is 290 g/mol. The van der Waals surface area contributed by atoms with E-state index >= 15 is 0 Å². The lowest BCUT2D eigenvalue weighted by Crippen LogP contribution is -2.20. The zero-order valence-corrected chi connectivity index (χ0v) is 11.8. The first-order valence-corrected chi connectivity index (χ1v) is 6.60. The van der Waals surface area contributed by atoms with Crippen LogP contribution in [0.4, 0.5) is 11.5 Å². The molecule has 2 rings (SSSR count). The van der Waals surface area contributed by atoms with Gasteiger partial charge in [-0.15, -0.1) is 0 Å². The largest absolute Gasteiger partial charge is 0.476 e. The summed E-state index contributed by atoms with van der Waals surface area (Å²) in [6.07, 6.45) is 0.293. The van der Waals surface area contributed by atoms with Crippen LogP contribution >= 0.6 is 11.6 Å². The van der Waals surface area contributed by atoms with Crippen molar-refractivity contribution in [3.63, 3.8) is 0 Å². The normalized spacial score (nSPS) is 9.90. The summed E-state index contributed by atoms with van der Waals surface area (Å²) in [5.74, 6) is -0.742. The Morgan fingerprint density at radius 1 is 1.29 bits per heavy atom. The summed E-state index contributed by atoms with van der Waals surface area (Å²) in [6.45, 7) is 0.411. The second-order valence-electron chi connectivity index (χ2n) is 4.20. The van der Waals surface area contributed by atoms with E-state index < -0.39 is 5.97 Å². The maximum atomic E-state index is 11.1. The molecule has 1 N–H and O–H groups in total. The molecule has 2 aromatic rings. The van der Waals surface area contributed by atoms with Gasteiger partial charge in [-0.25, -0.2) is 9.78 Å². The highest BCUT2D eigenvalue weighted by atomic mass is 35.5. The average Bonchev–Trinajstić information content (AvgIpc) is 2.50. The topological polar surface area (TPSA) is 77.2 Å². The number of carbonyl (C=O) groups is 1. The molecule has 0 fully saturated rings. The van der Waals surface area contributed by atoms with Crippen molar-refractivity contribution in [3.8, 4) is 6.07 Å². The van der Waals surface area contributed by atoms with Gasteiger partial charge in [-0.3, -0.25) is 0 Å². The highest BCUT2D eigenvalue weighted by Crippen LogP contribution is 2.26. The molecule has 0 atom stereocenters. The van der Waals surface area contributed by atoms with E-state index in [2.05, 4.69) is 11.1 Å². The van der Waals surface area contributed by atoms with Crippen LogP contribution in [0.2, 0.25) is 5.02 Å². The van der Waals surface area contributed by atoms with Crippen molar-refractivity contribution in [1.29, 1.82) is 5.26 Å². The Balaban J connectivity index is 2.44. The van der Waals surface area contributed by atoms with Crippen molar-refractivity contribution in [2.45, 2.75) is 6.42 Å². The highest BCUT2D eigenvalue weighted by molar-refractivity contribution is 6.33. The Labute approximate surface area is 127 Å². The number of pyridine rings is 1. The lowest BCUT2D eigenvalue weighted by molar-refractivity contribution is 0.0691. The summed E-state index contributed by atoms with van der Waals surface area (Å²) in [6, 6.07) is 14.6. The number of carboxylic acids is 1. The number of aromatic carboxylic acids is 1. The third-order valence-corrected chi connectivity index (χ3v) is 3.13. The number of para-hydroxylation sites is 1. The molecule has 106 valence electrons. The number of hydrogen-bond acceptors (Lipinski definition) is 4. The molecule has 0 saturated heterocycles. The van der Waals surface area contributed by atoms with Crippen molar-refractivity contribution in [3.05, 3.63) is 53.2 Å². The van der Waals surface area contributed by atoms with Crippen LogP contribution in [0.1, 0.15) is 16.9 Å². The molecule has 6 heteroatoms. The molecule has 0 radical (unpaired) electrons. The molecule has 0 saturated carbocycles. The number of hydrogen-bond donors (Lipinski definition) is 1. The lowest BCUT2D eigenvalue weighted by atomic mass is 10.2. The Hall–Kier alpha value is -2.58. The molecule has 5 nitrogen and oxygen atoms in total. The van der Waals surface area contributed by atoms with E-state index in [0.29, 0.717) is 18.8 Å². The molecule has 0 aliphatic carbocycles. The van der Waals surface area contributed by atoms with Gasteiger partial charge in [-0.05, 0) is 24.3 Å². The fraction of sp³-hybridized carbons (Fsp3) is 0.133. The summed E-state index contributed by atoms with van der Waals surface area (Å²) >= 11 is 5.83. The van der Waals surface area contributed by atoms with Crippen LogP contribution in [0.3, 0.4) is 0 Å². The van der Waals surface area contributed by atoms with Crippen LogP contribution in [0.25, 0.3) is 0 Å². The standard InChI is InChI=1S/C15H12ClN3O2/c16-12-7-8-13(18-14(12)15(20)21)19(10-4-9-17)11-5-2-1-3-6-11/h1-3,5-8H,4,10H2,(H,20,21). The SMILES string of the molecule is N#CCCN(c1ccccc1)c1ccc(Cl)c(C(=O)O)n1. The smallest absolute Gasteiger partial charge is 0.356 e. The predicted molar refractivity (Wildman–Crippen MR) is 79.9 cm³/mol. The van der Waals surface area contributed by atoms with Crippen molar-refractivity contribution < 1.29 is 9.90 Å². The minimum absolute atomic E-state index is 0.0829. The van der Waals surface area contributed by atoms with Crippen molar-refractivity contribution >= 4 is 29.1 Å². The quantitative estimate of drug-likeness (QED) is 0.914. The highest BCUT2D eigenvalue weighted by Gasteiger charge is 2.16. The first-order chi connectivity index (χ1) is 10.1. The fourth-order valence-corrected chi connectivity index (χ4v) is 2.06. The van der Waals surface area contributed by atoms with Gasteiger partial charge >= 0.3 is 5.97 Å². The maximum Gasteiger partial charge on any atom is 0.356 e. The van der Waals surface area contributed by atoms with Crippen LogP contribution in [0.5, 0.6) is 0 Å². The summed E-state index contributed by atoms with van der Waals surface area (Å²) in [4.78, 5) is 17.0. The Morgan fingerprint density at radius 3 is 2.62 bits per heavy atom. The predicted octanol–water partition coefficient (Wildman–Crippen LogP) is 3.48. The summed E-state index contributed by atoms with van der Waals surface area (Å²) in [5, 5.41) is 18.0. The molecule has 0 amide bonds. The molecule has 21 heavy (non-hydrogen) atoms. The molecule has 1 aromatic heterocycles. The monoisotopic (exact) mass is 301 g/mol. The van der Waals surface area contributed by atoms with E-state index in [9.17, 15) is 4.79 Å². The van der Waals surface area contributed by atoms with E-state index in [4.69, 9.17) is 22.0 Å². The van der Waals surface area contributed by atoms with Gasteiger partial charge in [0.05, 0.1) is 17.5 Å². The number of anilines is 2. The number of rotatable bonds is 5. The minimum atomic E-state index is -1.19. The van der Waals surface area contributed by atoms with Gasteiger partial charge in [0.15, 0.2) is 5.69 Å². The van der Waals surface area contributed by atoms with E-state index in [1.54, 1.807) is 11.0 Å². The van der Waals surface area contributed by atoms with Crippen molar-refractivity contribution in [2.75, 3.05) is 11.4 Å². The lowest BCUT2D eigenvalue weighted by Gasteiger charge is -2.23. The Bertz CT molecular complexity index is 683. The van der Waals surface area contributed by atoms with E-state index in [0.717, 1.165) is 5.69 Å². The van der Waals surface area contributed by atoms with Crippen LogP contribution in [0, 0.1) is 11.3 Å². The van der Waals surface area contributed by atoms with Gasteiger partial charge in [0.2, 0.25) is 0 Å². The summed E-state index contributed by atoms with van der Waals surface area (Å²) in [5.41, 5.74) is 0.631. The third-order valence-electron chi connectivity index (χ3n) is 2.83. The van der Waals surface area contributed by atoms with Gasteiger partial charge in [-0.2, -0.15) is 5.26 Å². The van der Waals surface area contributed by atoms with Gasteiger partial charge in [0, 0.05) is 12.2 Å². The van der Waals surface area contributed by atoms with E-state index in [-0.39, 0.29) is 10.7 Å². The summed E-state index contributed by atoms with van der Waals surface area (Å²) in [7, 11) is 0. The molecule has 0 spiro atoms. The first kappa shape index (κ1) is 14.8. The van der Waals surface area contributed by atoms with Gasteiger partial charge in [0.25, 0.3) is 0 Å². The van der Waals surface area contributed by atoms with Gasteiger partial charge in [-0.1, -0.05) is 29.8 Å². The number of nitrogens with zero attached hydrogens (tertiary/aromatic N) is 3. The van der Waals surface area contributed by atoms with Crippen molar-refractivity contribution in [2.24, 2.45) is 0 Å². The second kappa shape index (κ2) is 6.73. The maximum absolute atomic E-state index is 11.1. The van der Waals surface area contributed by atoms with Gasteiger partial charge in [0.1, 0.15) is 5.82 Å². The van der Waals surface area contributed by atoms with Crippen LogP contribution in [-0.4, -0.2) is 22.6 Å². The number of benzene rings is 1. The number of aromatic nitrogens is 1. The molecule has 1 aromatic carbocycles. The molecule has 0 bridgehead atoms. The van der Waals surface area contributed by atoms with Crippen LogP contribution in [-0.2, 0) is 0 Å². The zero-order valence-electron chi connectivity index (χ0n) is 11.0. The Morgan fingerprint density at radius 2 is 2.00 bits per heavy atom. The fourth-order valence-electron chi connectivity index (χ4n) is 1.88. The van der Waals surface area contributed by atoms with E-state index in [1.807, 2.05) is 30.3 Å². The van der Waals surface area contributed by atoms with Crippen LogP contribution in [0.15, 0.2) is 42.5 Å². The first-order valence-electron chi connectivity index (χ1n) is 6.23. The van der Waals surface area contributed by atoms with Crippen molar-refractivity contribution in [1.82, 2.24) is 4.98 Å². The van der Waals surface area contributed by atoms with Crippen LogP contribution < -0.4 is 4.90 Å².